The van der Waals surface area contributed by atoms with Crippen LogP contribution in [0, 0.1) is 6.92 Å². The van der Waals surface area contributed by atoms with Crippen LogP contribution in [-0.2, 0) is 4.74 Å². The third-order valence-corrected chi connectivity index (χ3v) is 2.78. The Morgan fingerprint density at radius 1 is 1.44 bits per heavy atom. The second kappa shape index (κ2) is 8.11. The summed E-state index contributed by atoms with van der Waals surface area (Å²) >= 11 is 3.26. The van der Waals surface area contributed by atoms with Crippen molar-refractivity contribution in [1.82, 2.24) is 5.32 Å². The van der Waals surface area contributed by atoms with Crippen LogP contribution >= 0.6 is 15.9 Å². The Bertz CT molecular complexity index is 396. The maximum atomic E-state index is 11.8. The van der Waals surface area contributed by atoms with Crippen LogP contribution < -0.4 is 5.32 Å². The van der Waals surface area contributed by atoms with Crippen molar-refractivity contribution in [2.24, 2.45) is 0 Å². The molecule has 18 heavy (non-hydrogen) atoms. The van der Waals surface area contributed by atoms with E-state index in [9.17, 15) is 9.90 Å². The van der Waals surface area contributed by atoms with Gasteiger partial charge in [-0.15, -0.1) is 0 Å². The molecule has 0 aliphatic carbocycles. The van der Waals surface area contributed by atoms with Crippen molar-refractivity contribution in [2.75, 3.05) is 25.1 Å². The summed E-state index contributed by atoms with van der Waals surface area (Å²) in [5.74, 6) is -0.206. The Hall–Kier alpha value is -1.07. The van der Waals surface area contributed by atoms with Gasteiger partial charge in [0, 0.05) is 18.5 Å². The van der Waals surface area contributed by atoms with Gasteiger partial charge in [-0.05, 0) is 25.0 Å². The van der Waals surface area contributed by atoms with Gasteiger partial charge in [0.15, 0.2) is 0 Å². The minimum Gasteiger partial charge on any atom is -0.507 e. The Kier molecular flexibility index (Phi) is 6.75. The van der Waals surface area contributed by atoms with Crippen LogP contribution in [0.15, 0.2) is 18.2 Å². The normalized spacial score (nSPS) is 10.3. The highest BCUT2D eigenvalue weighted by Crippen LogP contribution is 2.20. The maximum Gasteiger partial charge on any atom is 0.255 e. The van der Waals surface area contributed by atoms with E-state index in [0.717, 1.165) is 11.8 Å². The van der Waals surface area contributed by atoms with Gasteiger partial charge in [-0.1, -0.05) is 28.1 Å². The molecule has 0 aliphatic heterocycles. The first-order valence-corrected chi connectivity index (χ1v) is 6.99. The molecule has 0 aromatic heterocycles. The Balaban J connectivity index is 2.35. The van der Waals surface area contributed by atoms with Gasteiger partial charge in [-0.25, -0.2) is 0 Å². The average molecular weight is 316 g/mol. The van der Waals surface area contributed by atoms with E-state index in [2.05, 4.69) is 21.2 Å². The number of carbonyl (C=O) groups is 1. The number of amides is 1. The van der Waals surface area contributed by atoms with Crippen molar-refractivity contribution < 1.29 is 14.6 Å². The number of ether oxygens (including phenoxy) is 1. The van der Waals surface area contributed by atoms with E-state index >= 15 is 0 Å². The highest BCUT2D eigenvalue weighted by molar-refractivity contribution is 9.09. The van der Waals surface area contributed by atoms with Crippen LogP contribution in [-0.4, -0.2) is 36.1 Å². The molecule has 0 aliphatic rings. The minimum absolute atomic E-state index is 0.0468. The number of halogens is 1. The molecule has 0 spiro atoms. The molecule has 1 rings (SSSR count). The maximum absolute atomic E-state index is 11.8. The fourth-order valence-corrected chi connectivity index (χ4v) is 1.70. The number of rotatable bonds is 7. The first-order chi connectivity index (χ1) is 8.66. The number of alkyl halides is 1. The summed E-state index contributed by atoms with van der Waals surface area (Å²) in [5.41, 5.74) is 1.01. The smallest absolute Gasteiger partial charge is 0.255 e. The monoisotopic (exact) mass is 315 g/mol. The summed E-state index contributed by atoms with van der Waals surface area (Å²) in [6.07, 6.45) is 0.755. The third-order valence-electron chi connectivity index (χ3n) is 2.45. The summed E-state index contributed by atoms with van der Waals surface area (Å²) in [7, 11) is 0. The molecule has 0 fully saturated rings. The number of hydrogen-bond acceptors (Lipinski definition) is 3. The van der Waals surface area contributed by atoms with Gasteiger partial charge in [0.1, 0.15) is 5.75 Å². The summed E-state index contributed by atoms with van der Waals surface area (Å²) in [4.78, 5) is 11.8. The molecule has 0 saturated heterocycles. The van der Waals surface area contributed by atoms with Crippen molar-refractivity contribution in [3.8, 4) is 5.75 Å². The summed E-state index contributed by atoms with van der Waals surface area (Å²) in [6, 6.07) is 5.13. The number of aryl methyl sites for hydroxylation is 1. The number of carbonyl (C=O) groups excluding carboxylic acids is 1. The Morgan fingerprint density at radius 3 is 2.94 bits per heavy atom. The van der Waals surface area contributed by atoms with Crippen LogP contribution in [0.3, 0.4) is 0 Å². The lowest BCUT2D eigenvalue weighted by Gasteiger charge is -2.08. The SMILES string of the molecule is Cc1cccc(C(=O)NCCCOCCBr)c1O. The number of benzene rings is 1. The number of hydrogen-bond donors (Lipinski definition) is 2. The molecule has 1 aromatic rings. The quantitative estimate of drug-likeness (QED) is 0.599. The van der Waals surface area contributed by atoms with E-state index in [1.54, 1.807) is 25.1 Å². The molecule has 0 unspecified atom stereocenters. The number of phenolic OH excluding ortho intramolecular Hbond substituents is 1. The van der Waals surface area contributed by atoms with Crippen molar-refractivity contribution in [3.63, 3.8) is 0 Å². The highest BCUT2D eigenvalue weighted by atomic mass is 79.9. The predicted octanol–water partition coefficient (Wildman–Crippen LogP) is 2.23. The van der Waals surface area contributed by atoms with Crippen LogP contribution in [0.25, 0.3) is 0 Å². The number of aromatic hydroxyl groups is 1. The molecule has 4 nitrogen and oxygen atoms in total. The first kappa shape index (κ1) is 15.0. The molecular formula is C13H18BrNO3. The fourth-order valence-electron chi connectivity index (χ4n) is 1.47. The standard InChI is InChI=1S/C13H18BrNO3/c1-10-4-2-5-11(12(10)16)13(17)15-7-3-8-18-9-6-14/h2,4-5,16H,3,6-9H2,1H3,(H,15,17). The molecule has 2 N–H and O–H groups in total. The molecule has 0 atom stereocenters. The van der Waals surface area contributed by atoms with E-state index in [-0.39, 0.29) is 11.7 Å². The van der Waals surface area contributed by atoms with Crippen molar-refractivity contribution in [2.45, 2.75) is 13.3 Å². The van der Waals surface area contributed by atoms with Gasteiger partial charge in [-0.3, -0.25) is 4.79 Å². The molecule has 5 heteroatoms. The molecule has 1 aromatic carbocycles. The van der Waals surface area contributed by atoms with Crippen LogP contribution in [0.4, 0.5) is 0 Å². The zero-order valence-electron chi connectivity index (χ0n) is 10.4. The van der Waals surface area contributed by atoms with Crippen molar-refractivity contribution >= 4 is 21.8 Å². The molecule has 100 valence electrons. The third kappa shape index (κ3) is 4.66. The van der Waals surface area contributed by atoms with Gasteiger partial charge in [0.25, 0.3) is 5.91 Å². The number of nitrogens with one attached hydrogen (secondary N) is 1. The van der Waals surface area contributed by atoms with E-state index < -0.39 is 0 Å². The van der Waals surface area contributed by atoms with E-state index in [1.165, 1.54) is 0 Å². The average Bonchev–Trinajstić information content (AvgIpc) is 2.36. The van der Waals surface area contributed by atoms with Crippen molar-refractivity contribution in [3.05, 3.63) is 29.3 Å². The van der Waals surface area contributed by atoms with Gasteiger partial charge < -0.3 is 15.2 Å². The van der Waals surface area contributed by atoms with Gasteiger partial charge >= 0.3 is 0 Å². The molecule has 0 saturated carbocycles. The summed E-state index contributed by atoms with van der Waals surface area (Å²) in [6.45, 7) is 3.59. The topological polar surface area (TPSA) is 58.6 Å². The molecule has 1 amide bonds. The van der Waals surface area contributed by atoms with Gasteiger partial charge in [0.05, 0.1) is 12.2 Å². The number of phenols is 1. The lowest BCUT2D eigenvalue weighted by Crippen LogP contribution is -2.25. The molecule has 0 heterocycles. The highest BCUT2D eigenvalue weighted by Gasteiger charge is 2.11. The predicted molar refractivity (Wildman–Crippen MR) is 74.4 cm³/mol. The zero-order valence-corrected chi connectivity index (χ0v) is 12.0. The first-order valence-electron chi connectivity index (χ1n) is 5.87. The minimum atomic E-state index is -0.253. The largest absolute Gasteiger partial charge is 0.507 e. The van der Waals surface area contributed by atoms with E-state index in [1.807, 2.05) is 0 Å². The summed E-state index contributed by atoms with van der Waals surface area (Å²) in [5, 5.41) is 13.3. The van der Waals surface area contributed by atoms with Crippen LogP contribution in [0.5, 0.6) is 5.75 Å². The van der Waals surface area contributed by atoms with Gasteiger partial charge in [-0.2, -0.15) is 0 Å². The zero-order chi connectivity index (χ0) is 13.4. The molecule has 0 bridgehead atoms. The van der Waals surface area contributed by atoms with Crippen LogP contribution in [0.1, 0.15) is 22.3 Å². The van der Waals surface area contributed by atoms with E-state index in [4.69, 9.17) is 4.74 Å². The molecular weight excluding hydrogens is 298 g/mol. The number of para-hydroxylation sites is 1. The van der Waals surface area contributed by atoms with Gasteiger partial charge in [0.2, 0.25) is 0 Å². The Labute approximate surface area is 115 Å². The Morgan fingerprint density at radius 2 is 2.22 bits per heavy atom. The summed E-state index contributed by atoms with van der Waals surface area (Å²) < 4.78 is 5.27. The molecule has 0 radical (unpaired) electrons. The second-order valence-corrected chi connectivity index (χ2v) is 4.67. The van der Waals surface area contributed by atoms with Crippen molar-refractivity contribution in [1.29, 1.82) is 0 Å². The lowest BCUT2D eigenvalue weighted by molar-refractivity contribution is 0.0942. The second-order valence-electron chi connectivity index (χ2n) is 3.88. The fraction of sp³-hybridized carbons (Fsp3) is 0.462. The van der Waals surface area contributed by atoms with E-state index in [0.29, 0.717) is 30.9 Å². The lowest BCUT2D eigenvalue weighted by atomic mass is 10.1. The van der Waals surface area contributed by atoms with Crippen LogP contribution in [0.2, 0.25) is 0 Å².